The van der Waals surface area contributed by atoms with Crippen LogP contribution in [0.15, 0.2) is 28.9 Å². The number of fused-ring (bicyclic) bond motifs is 1. The highest BCUT2D eigenvalue weighted by molar-refractivity contribution is 5.33. The molecule has 88 valence electrons. The first-order valence-electron chi connectivity index (χ1n) is 5.91. The summed E-state index contributed by atoms with van der Waals surface area (Å²) in [5.41, 5.74) is 4.69. The number of hydrogen-bond donors (Lipinski definition) is 1. The topological polar surface area (TPSA) is 51.0 Å². The van der Waals surface area contributed by atoms with Gasteiger partial charge in [0.2, 0.25) is 0 Å². The van der Waals surface area contributed by atoms with Gasteiger partial charge in [-0.15, -0.1) is 0 Å². The highest BCUT2D eigenvalue weighted by atomic mass is 16.6. The lowest BCUT2D eigenvalue weighted by atomic mass is 10.1. The lowest BCUT2D eigenvalue weighted by molar-refractivity contribution is 0.299. The van der Waals surface area contributed by atoms with Crippen molar-refractivity contribution in [3.05, 3.63) is 46.8 Å². The maximum atomic E-state index is 4.68. The minimum absolute atomic E-state index is 0.503. The highest BCUT2D eigenvalue weighted by Crippen LogP contribution is 2.21. The van der Waals surface area contributed by atoms with Crippen molar-refractivity contribution in [3.63, 3.8) is 0 Å². The number of nitrogens with zero attached hydrogens (tertiary/aromatic N) is 2. The summed E-state index contributed by atoms with van der Waals surface area (Å²) >= 11 is 0. The molecule has 3 rings (SSSR count). The predicted octanol–water partition coefficient (Wildman–Crippen LogP) is 1.64. The Morgan fingerprint density at radius 3 is 2.53 bits per heavy atom. The molecule has 1 aromatic heterocycles. The minimum atomic E-state index is 0.503. The van der Waals surface area contributed by atoms with E-state index < -0.39 is 0 Å². The van der Waals surface area contributed by atoms with Crippen LogP contribution in [0.25, 0.3) is 0 Å². The predicted molar refractivity (Wildman–Crippen MR) is 63.5 cm³/mol. The average molecular weight is 229 g/mol. The van der Waals surface area contributed by atoms with E-state index in [0.717, 1.165) is 30.8 Å². The van der Waals surface area contributed by atoms with Gasteiger partial charge in [-0.3, -0.25) is 0 Å². The maximum Gasteiger partial charge on any atom is 0.121 e. The molecule has 1 N–H and O–H groups in total. The van der Waals surface area contributed by atoms with Crippen molar-refractivity contribution in [1.29, 1.82) is 0 Å². The van der Waals surface area contributed by atoms with Crippen LogP contribution < -0.4 is 5.32 Å². The normalized spacial score (nSPS) is 15.1. The van der Waals surface area contributed by atoms with Gasteiger partial charge in [-0.1, -0.05) is 34.6 Å². The van der Waals surface area contributed by atoms with Gasteiger partial charge in [-0.2, -0.15) is 0 Å². The molecule has 4 heteroatoms. The highest BCUT2D eigenvalue weighted by Gasteiger charge is 2.20. The molecular weight excluding hydrogens is 214 g/mol. The molecular formula is C13H15N3O. The molecule has 1 aliphatic carbocycles. The van der Waals surface area contributed by atoms with Gasteiger partial charge >= 0.3 is 0 Å². The van der Waals surface area contributed by atoms with Crippen LogP contribution in [0.4, 0.5) is 0 Å². The third-order valence-electron chi connectivity index (χ3n) is 3.36. The largest absolute Gasteiger partial charge is 0.308 e. The van der Waals surface area contributed by atoms with Crippen LogP contribution in [0.3, 0.4) is 0 Å². The lowest BCUT2D eigenvalue weighted by Crippen LogP contribution is -2.29. The zero-order chi connectivity index (χ0) is 11.7. The van der Waals surface area contributed by atoms with E-state index >= 15 is 0 Å². The van der Waals surface area contributed by atoms with E-state index in [2.05, 4.69) is 44.5 Å². The molecule has 0 bridgehead atoms. The Bertz CT molecular complexity index is 496. The summed E-state index contributed by atoms with van der Waals surface area (Å²) in [7, 11) is 0. The number of aromatic nitrogens is 2. The monoisotopic (exact) mass is 229 g/mol. The molecule has 1 aliphatic rings. The molecule has 0 spiro atoms. The summed E-state index contributed by atoms with van der Waals surface area (Å²) in [6.45, 7) is 2.64. The fraction of sp³-hybridized carbons (Fsp3) is 0.385. The summed E-state index contributed by atoms with van der Waals surface area (Å²) in [5.74, 6) is 0. The summed E-state index contributed by atoms with van der Waals surface area (Å²) in [5, 5.41) is 11.2. The maximum absolute atomic E-state index is 4.68. The Labute approximate surface area is 100.0 Å². The van der Waals surface area contributed by atoms with Crippen molar-refractivity contribution in [2.75, 3.05) is 0 Å². The van der Waals surface area contributed by atoms with Gasteiger partial charge in [0.1, 0.15) is 11.4 Å². The quantitative estimate of drug-likeness (QED) is 0.869. The third-order valence-corrected chi connectivity index (χ3v) is 3.36. The number of hydrogen-bond acceptors (Lipinski definition) is 4. The van der Waals surface area contributed by atoms with Crippen molar-refractivity contribution >= 4 is 0 Å². The standard InChI is InChI=1S/C13H15N3O/c1-9-13(16-17-15-9)8-14-12-6-10-4-2-3-5-11(10)7-12/h2-5,12,14H,6-8H2,1H3. The van der Waals surface area contributed by atoms with E-state index in [1.807, 2.05) is 6.92 Å². The van der Waals surface area contributed by atoms with Crippen LogP contribution in [0.5, 0.6) is 0 Å². The summed E-state index contributed by atoms with van der Waals surface area (Å²) < 4.78 is 4.68. The molecule has 0 unspecified atom stereocenters. The van der Waals surface area contributed by atoms with E-state index in [-0.39, 0.29) is 0 Å². The molecule has 0 fully saturated rings. The van der Waals surface area contributed by atoms with Crippen LogP contribution in [-0.2, 0) is 19.4 Å². The molecule has 1 heterocycles. The second-order valence-electron chi connectivity index (χ2n) is 4.55. The van der Waals surface area contributed by atoms with Crippen LogP contribution in [-0.4, -0.2) is 16.4 Å². The third kappa shape index (κ3) is 2.08. The van der Waals surface area contributed by atoms with Crippen LogP contribution in [0.1, 0.15) is 22.5 Å². The number of rotatable bonds is 3. The molecule has 17 heavy (non-hydrogen) atoms. The molecule has 0 radical (unpaired) electrons. The fourth-order valence-electron chi connectivity index (χ4n) is 2.35. The molecule has 0 saturated heterocycles. The molecule has 1 aromatic carbocycles. The van der Waals surface area contributed by atoms with Gasteiger partial charge in [0.25, 0.3) is 0 Å². The van der Waals surface area contributed by atoms with E-state index in [0.29, 0.717) is 6.04 Å². The van der Waals surface area contributed by atoms with Gasteiger partial charge in [0, 0.05) is 12.6 Å². The van der Waals surface area contributed by atoms with Gasteiger partial charge in [-0.25, -0.2) is 4.63 Å². The Kier molecular flexibility index (Phi) is 2.65. The van der Waals surface area contributed by atoms with Crippen molar-refractivity contribution in [3.8, 4) is 0 Å². The Hall–Kier alpha value is -1.68. The van der Waals surface area contributed by atoms with E-state index in [1.54, 1.807) is 0 Å². The molecule has 0 aliphatic heterocycles. The van der Waals surface area contributed by atoms with Crippen LogP contribution >= 0.6 is 0 Å². The minimum Gasteiger partial charge on any atom is -0.308 e. The first-order chi connectivity index (χ1) is 8.33. The molecule has 0 amide bonds. The zero-order valence-corrected chi connectivity index (χ0v) is 9.81. The molecule has 2 aromatic rings. The molecule has 0 saturated carbocycles. The van der Waals surface area contributed by atoms with Crippen LogP contribution in [0, 0.1) is 6.92 Å². The summed E-state index contributed by atoms with van der Waals surface area (Å²) in [4.78, 5) is 0. The number of benzene rings is 1. The molecule has 0 atom stereocenters. The van der Waals surface area contributed by atoms with E-state index in [4.69, 9.17) is 0 Å². The van der Waals surface area contributed by atoms with Crippen molar-refractivity contribution in [2.24, 2.45) is 0 Å². The molecule has 4 nitrogen and oxygen atoms in total. The Balaban J connectivity index is 1.61. The number of aryl methyl sites for hydroxylation is 1. The van der Waals surface area contributed by atoms with Gasteiger partial charge in [0.05, 0.1) is 0 Å². The van der Waals surface area contributed by atoms with Gasteiger partial charge in [-0.05, 0) is 30.9 Å². The van der Waals surface area contributed by atoms with E-state index in [1.165, 1.54) is 11.1 Å². The Morgan fingerprint density at radius 2 is 1.94 bits per heavy atom. The van der Waals surface area contributed by atoms with Gasteiger partial charge in [0.15, 0.2) is 0 Å². The summed E-state index contributed by atoms with van der Waals surface area (Å²) in [6, 6.07) is 9.13. The average Bonchev–Trinajstić information content (AvgIpc) is 2.92. The van der Waals surface area contributed by atoms with Crippen molar-refractivity contribution < 1.29 is 4.63 Å². The van der Waals surface area contributed by atoms with Crippen molar-refractivity contribution in [1.82, 2.24) is 15.6 Å². The van der Waals surface area contributed by atoms with Crippen LogP contribution in [0.2, 0.25) is 0 Å². The first-order valence-corrected chi connectivity index (χ1v) is 5.91. The Morgan fingerprint density at radius 1 is 1.24 bits per heavy atom. The zero-order valence-electron chi connectivity index (χ0n) is 9.81. The summed E-state index contributed by atoms with van der Waals surface area (Å²) in [6.07, 6.45) is 2.20. The second kappa shape index (κ2) is 4.30. The first kappa shape index (κ1) is 10.5. The van der Waals surface area contributed by atoms with Gasteiger partial charge < -0.3 is 5.32 Å². The van der Waals surface area contributed by atoms with Crippen molar-refractivity contribution in [2.45, 2.75) is 32.4 Å². The smallest absolute Gasteiger partial charge is 0.121 e. The lowest BCUT2D eigenvalue weighted by Gasteiger charge is -2.09. The number of nitrogens with one attached hydrogen (secondary N) is 1. The van der Waals surface area contributed by atoms with E-state index in [9.17, 15) is 0 Å². The fourth-order valence-corrected chi connectivity index (χ4v) is 2.35. The SMILES string of the molecule is Cc1nonc1CNC1Cc2ccccc2C1. The second-order valence-corrected chi connectivity index (χ2v) is 4.55.